The van der Waals surface area contributed by atoms with E-state index in [-0.39, 0.29) is 11.8 Å². The fourth-order valence-corrected chi connectivity index (χ4v) is 3.17. The smallest absolute Gasteiger partial charge is 0.150 e. The molecule has 1 rings (SSSR count). The number of aryl methyl sites for hydroxylation is 1. The first-order valence-corrected chi connectivity index (χ1v) is 9.37. The summed E-state index contributed by atoms with van der Waals surface area (Å²) in [6.45, 7) is 6.82. The zero-order chi connectivity index (χ0) is 15.0. The minimum absolute atomic E-state index is 0.240. The molecular weight excluding hydrogens is 270 g/mol. The van der Waals surface area contributed by atoms with Crippen LogP contribution in [0.15, 0.2) is 24.3 Å². The highest BCUT2D eigenvalue weighted by Crippen LogP contribution is 2.20. The molecular formula is C16H27NO2S. The molecule has 1 aromatic rings. The topological polar surface area (TPSA) is 46.2 Å². The zero-order valence-electron chi connectivity index (χ0n) is 12.9. The summed E-state index contributed by atoms with van der Waals surface area (Å²) < 4.78 is 23.1. The lowest BCUT2D eigenvalue weighted by Crippen LogP contribution is -2.22. The summed E-state index contributed by atoms with van der Waals surface area (Å²) in [5.41, 5.74) is 2.58. The number of hydrogen-bond donors (Lipinski definition) is 1. The predicted octanol–water partition coefficient (Wildman–Crippen LogP) is 3.11. The van der Waals surface area contributed by atoms with Crippen LogP contribution in [0.3, 0.4) is 0 Å². The summed E-state index contributed by atoms with van der Waals surface area (Å²) in [6.07, 6.45) is 2.61. The van der Waals surface area contributed by atoms with Crippen LogP contribution in [0.5, 0.6) is 0 Å². The van der Waals surface area contributed by atoms with Gasteiger partial charge in [-0.25, -0.2) is 8.42 Å². The summed E-state index contributed by atoms with van der Waals surface area (Å²) >= 11 is 0. The monoisotopic (exact) mass is 297 g/mol. The third-order valence-corrected chi connectivity index (χ3v) is 5.42. The SMILES string of the molecule is CCNC(CCCS(=O)(=O)CC)c1ccc(CC)cc1. The Kier molecular flexibility index (Phi) is 7.24. The Morgan fingerprint density at radius 2 is 1.75 bits per heavy atom. The highest BCUT2D eigenvalue weighted by Gasteiger charge is 2.13. The number of rotatable bonds is 9. The minimum Gasteiger partial charge on any atom is -0.310 e. The molecule has 3 nitrogen and oxygen atoms in total. The maximum absolute atomic E-state index is 11.5. The van der Waals surface area contributed by atoms with Gasteiger partial charge in [-0.05, 0) is 36.9 Å². The van der Waals surface area contributed by atoms with Crippen LogP contribution < -0.4 is 5.32 Å². The van der Waals surface area contributed by atoms with E-state index in [2.05, 4.69) is 43.4 Å². The van der Waals surface area contributed by atoms with E-state index in [4.69, 9.17) is 0 Å². The van der Waals surface area contributed by atoms with Gasteiger partial charge < -0.3 is 5.32 Å². The molecule has 114 valence electrons. The van der Waals surface area contributed by atoms with Gasteiger partial charge in [-0.3, -0.25) is 0 Å². The maximum Gasteiger partial charge on any atom is 0.150 e. The average molecular weight is 297 g/mol. The van der Waals surface area contributed by atoms with Gasteiger partial charge in [0.25, 0.3) is 0 Å². The Morgan fingerprint density at radius 3 is 2.25 bits per heavy atom. The molecule has 4 heteroatoms. The molecule has 0 aliphatic rings. The van der Waals surface area contributed by atoms with Gasteiger partial charge in [-0.15, -0.1) is 0 Å². The van der Waals surface area contributed by atoms with Crippen molar-refractivity contribution in [3.05, 3.63) is 35.4 Å². The molecule has 0 spiro atoms. The maximum atomic E-state index is 11.5. The van der Waals surface area contributed by atoms with Crippen molar-refractivity contribution in [2.75, 3.05) is 18.1 Å². The van der Waals surface area contributed by atoms with Gasteiger partial charge in [0.1, 0.15) is 9.84 Å². The van der Waals surface area contributed by atoms with E-state index >= 15 is 0 Å². The average Bonchev–Trinajstić information content (AvgIpc) is 2.46. The quantitative estimate of drug-likeness (QED) is 0.762. The van der Waals surface area contributed by atoms with E-state index in [1.54, 1.807) is 6.92 Å². The molecule has 20 heavy (non-hydrogen) atoms. The Balaban J connectivity index is 2.63. The molecule has 1 aromatic carbocycles. The van der Waals surface area contributed by atoms with Crippen LogP contribution in [0.25, 0.3) is 0 Å². The Morgan fingerprint density at radius 1 is 1.10 bits per heavy atom. The first kappa shape index (κ1) is 17.2. The molecule has 0 heterocycles. The van der Waals surface area contributed by atoms with Crippen LogP contribution in [0.2, 0.25) is 0 Å². The Bertz CT molecular complexity index is 480. The van der Waals surface area contributed by atoms with Crippen LogP contribution in [0.4, 0.5) is 0 Å². The van der Waals surface area contributed by atoms with Crippen molar-refractivity contribution >= 4 is 9.84 Å². The summed E-state index contributed by atoms with van der Waals surface area (Å²) in [5, 5.41) is 3.45. The molecule has 1 atom stereocenters. The summed E-state index contributed by atoms with van der Waals surface area (Å²) in [7, 11) is -2.85. The molecule has 0 aliphatic carbocycles. The van der Waals surface area contributed by atoms with Crippen molar-refractivity contribution in [2.45, 2.75) is 46.1 Å². The second-order valence-electron chi connectivity index (χ2n) is 5.08. The molecule has 0 radical (unpaired) electrons. The van der Waals surface area contributed by atoms with Crippen LogP contribution in [0, 0.1) is 0 Å². The number of hydrogen-bond acceptors (Lipinski definition) is 3. The Hall–Kier alpha value is -0.870. The number of benzene rings is 1. The first-order valence-electron chi connectivity index (χ1n) is 7.55. The third kappa shape index (κ3) is 5.63. The van der Waals surface area contributed by atoms with Crippen molar-refractivity contribution in [3.63, 3.8) is 0 Å². The highest BCUT2D eigenvalue weighted by atomic mass is 32.2. The van der Waals surface area contributed by atoms with Gasteiger partial charge in [0.15, 0.2) is 0 Å². The summed E-state index contributed by atoms with van der Waals surface area (Å²) in [6, 6.07) is 8.87. The van der Waals surface area contributed by atoms with Gasteiger partial charge in [0, 0.05) is 11.8 Å². The molecule has 1 N–H and O–H groups in total. The third-order valence-electron chi connectivity index (χ3n) is 3.63. The first-order chi connectivity index (χ1) is 9.52. The second kappa shape index (κ2) is 8.42. The zero-order valence-corrected chi connectivity index (χ0v) is 13.7. The normalized spacial score (nSPS) is 13.3. The number of sulfone groups is 1. The largest absolute Gasteiger partial charge is 0.310 e. The van der Waals surface area contributed by atoms with Crippen LogP contribution in [-0.2, 0) is 16.3 Å². The van der Waals surface area contributed by atoms with E-state index in [9.17, 15) is 8.42 Å². The van der Waals surface area contributed by atoms with Crippen molar-refractivity contribution in [1.29, 1.82) is 0 Å². The molecule has 0 fully saturated rings. The molecule has 0 amide bonds. The van der Waals surface area contributed by atoms with E-state index in [1.807, 2.05) is 0 Å². The van der Waals surface area contributed by atoms with Crippen LogP contribution in [0.1, 0.15) is 50.8 Å². The predicted molar refractivity (Wildman–Crippen MR) is 85.8 cm³/mol. The minimum atomic E-state index is -2.85. The molecule has 1 unspecified atom stereocenters. The fraction of sp³-hybridized carbons (Fsp3) is 0.625. The molecule has 0 saturated heterocycles. The Labute approximate surface area is 123 Å². The standard InChI is InChI=1S/C16H27NO2S/c1-4-14-9-11-15(12-10-14)16(17-5-2)8-7-13-20(18,19)6-3/h9-12,16-17H,4-8,13H2,1-3H3. The van der Waals surface area contributed by atoms with Gasteiger partial charge in [0.05, 0.1) is 5.75 Å². The molecule has 0 bridgehead atoms. The van der Waals surface area contributed by atoms with Crippen LogP contribution in [-0.4, -0.2) is 26.5 Å². The molecule has 0 aliphatic heterocycles. The summed E-state index contributed by atoms with van der Waals surface area (Å²) in [4.78, 5) is 0. The molecule has 0 aromatic heterocycles. The fourth-order valence-electron chi connectivity index (χ4n) is 2.27. The highest BCUT2D eigenvalue weighted by molar-refractivity contribution is 7.91. The van der Waals surface area contributed by atoms with E-state index in [0.29, 0.717) is 12.2 Å². The van der Waals surface area contributed by atoms with Gasteiger partial charge in [-0.2, -0.15) is 0 Å². The lowest BCUT2D eigenvalue weighted by molar-refractivity contribution is 0.506. The van der Waals surface area contributed by atoms with Crippen molar-refractivity contribution in [2.24, 2.45) is 0 Å². The van der Waals surface area contributed by atoms with Gasteiger partial charge >= 0.3 is 0 Å². The lowest BCUT2D eigenvalue weighted by atomic mass is 10.0. The van der Waals surface area contributed by atoms with E-state index in [1.165, 1.54) is 11.1 Å². The summed E-state index contributed by atoms with van der Waals surface area (Å²) in [5.74, 6) is 0.530. The van der Waals surface area contributed by atoms with Crippen molar-refractivity contribution < 1.29 is 8.42 Å². The van der Waals surface area contributed by atoms with Crippen molar-refractivity contribution in [3.8, 4) is 0 Å². The molecule has 0 saturated carbocycles. The van der Waals surface area contributed by atoms with Gasteiger partial charge in [0.2, 0.25) is 0 Å². The van der Waals surface area contributed by atoms with Crippen LogP contribution >= 0.6 is 0 Å². The number of nitrogens with one attached hydrogen (secondary N) is 1. The van der Waals surface area contributed by atoms with E-state index < -0.39 is 9.84 Å². The van der Waals surface area contributed by atoms with Gasteiger partial charge in [-0.1, -0.05) is 45.0 Å². The lowest BCUT2D eigenvalue weighted by Gasteiger charge is -2.18. The van der Waals surface area contributed by atoms with E-state index in [0.717, 1.165) is 19.4 Å². The second-order valence-corrected chi connectivity index (χ2v) is 7.56. The van der Waals surface area contributed by atoms with Crippen molar-refractivity contribution in [1.82, 2.24) is 5.32 Å².